The summed E-state index contributed by atoms with van der Waals surface area (Å²) >= 11 is 0. The van der Waals surface area contributed by atoms with E-state index in [1.165, 1.54) is 27.7 Å². The third-order valence-electron chi connectivity index (χ3n) is 4.39. The van der Waals surface area contributed by atoms with E-state index in [0.717, 1.165) is 13.0 Å². The number of fused-ring (bicyclic) bond motifs is 3. The Labute approximate surface area is 119 Å². The lowest BCUT2D eigenvalue weighted by Crippen LogP contribution is -2.32. The number of para-hydroxylation sites is 1. The maximum atomic E-state index is 3.65. The van der Waals surface area contributed by atoms with Crippen LogP contribution >= 0.6 is 0 Å². The molecule has 1 aliphatic heterocycles. The van der Waals surface area contributed by atoms with Crippen molar-refractivity contribution in [3.63, 3.8) is 0 Å². The Hall–Kier alpha value is -2.06. The number of benzene rings is 2. The second kappa shape index (κ2) is 4.50. The molecule has 0 saturated carbocycles. The Bertz CT molecular complexity index is 742. The van der Waals surface area contributed by atoms with Gasteiger partial charge in [0.05, 0.1) is 6.04 Å². The van der Waals surface area contributed by atoms with E-state index in [9.17, 15) is 0 Å². The van der Waals surface area contributed by atoms with Crippen LogP contribution in [0.2, 0.25) is 0 Å². The molecule has 100 valence electrons. The first-order valence-electron chi connectivity index (χ1n) is 7.19. The number of likely N-dealkylation sites (N-methyl/N-ethyl adjacent to an activating group) is 1. The summed E-state index contributed by atoms with van der Waals surface area (Å²) in [6.45, 7) is 1.11. The number of rotatable bonds is 1. The van der Waals surface area contributed by atoms with Crippen LogP contribution in [0.25, 0.3) is 10.9 Å². The molecule has 1 aromatic heterocycles. The summed E-state index contributed by atoms with van der Waals surface area (Å²) in [6, 6.07) is 19.8. The van der Waals surface area contributed by atoms with E-state index in [2.05, 4.69) is 71.5 Å². The molecule has 0 aliphatic carbocycles. The van der Waals surface area contributed by atoms with Gasteiger partial charge in [-0.25, -0.2) is 0 Å². The van der Waals surface area contributed by atoms with Gasteiger partial charge in [-0.1, -0.05) is 48.5 Å². The maximum Gasteiger partial charge on any atom is 0.0754 e. The summed E-state index contributed by atoms with van der Waals surface area (Å²) in [5.74, 6) is 0. The Morgan fingerprint density at radius 2 is 1.75 bits per heavy atom. The van der Waals surface area contributed by atoms with E-state index < -0.39 is 0 Å². The maximum absolute atomic E-state index is 3.65. The molecular weight excluding hydrogens is 244 g/mol. The predicted molar refractivity (Wildman–Crippen MR) is 82.9 cm³/mol. The summed E-state index contributed by atoms with van der Waals surface area (Å²) in [5, 5.41) is 1.39. The first kappa shape index (κ1) is 11.7. The largest absolute Gasteiger partial charge is 0.357 e. The van der Waals surface area contributed by atoms with Gasteiger partial charge < -0.3 is 4.98 Å². The first-order valence-corrected chi connectivity index (χ1v) is 7.19. The van der Waals surface area contributed by atoms with Crippen molar-refractivity contribution in [1.82, 2.24) is 9.88 Å². The van der Waals surface area contributed by atoms with Gasteiger partial charge in [0, 0.05) is 23.1 Å². The monoisotopic (exact) mass is 262 g/mol. The number of aromatic nitrogens is 1. The molecule has 1 N–H and O–H groups in total. The van der Waals surface area contributed by atoms with Crippen molar-refractivity contribution in [2.24, 2.45) is 0 Å². The average Bonchev–Trinajstić information content (AvgIpc) is 2.86. The van der Waals surface area contributed by atoms with Crippen molar-refractivity contribution in [3.8, 4) is 0 Å². The van der Waals surface area contributed by atoms with Crippen LogP contribution < -0.4 is 0 Å². The molecule has 1 atom stereocenters. The highest BCUT2D eigenvalue weighted by Crippen LogP contribution is 2.37. The van der Waals surface area contributed by atoms with Gasteiger partial charge in [0.1, 0.15) is 0 Å². The molecule has 0 saturated heterocycles. The summed E-state index contributed by atoms with van der Waals surface area (Å²) in [4.78, 5) is 6.09. The van der Waals surface area contributed by atoms with Gasteiger partial charge in [-0.05, 0) is 30.7 Å². The van der Waals surface area contributed by atoms with Gasteiger partial charge in [0.2, 0.25) is 0 Å². The Morgan fingerprint density at radius 3 is 2.60 bits per heavy atom. The van der Waals surface area contributed by atoms with E-state index >= 15 is 0 Å². The highest BCUT2D eigenvalue weighted by molar-refractivity contribution is 5.85. The standard InChI is InChI=1S/C18H18N2/c1-20-12-11-15-14-9-5-6-10-16(14)19-17(15)18(20)13-7-3-2-4-8-13/h2-10,18-19H,11-12H2,1H3. The van der Waals surface area contributed by atoms with Crippen LogP contribution in [0.1, 0.15) is 22.9 Å². The molecule has 2 heteroatoms. The molecule has 20 heavy (non-hydrogen) atoms. The molecule has 3 aromatic rings. The normalized spacial score (nSPS) is 19.1. The fourth-order valence-corrected chi connectivity index (χ4v) is 3.42. The molecule has 2 aromatic carbocycles. The minimum Gasteiger partial charge on any atom is -0.357 e. The zero-order chi connectivity index (χ0) is 13.5. The van der Waals surface area contributed by atoms with Gasteiger partial charge in [-0.3, -0.25) is 4.90 Å². The summed E-state index contributed by atoms with van der Waals surface area (Å²) < 4.78 is 0. The van der Waals surface area contributed by atoms with Gasteiger partial charge in [-0.2, -0.15) is 0 Å². The summed E-state index contributed by atoms with van der Waals surface area (Å²) in [6.07, 6.45) is 1.12. The lowest BCUT2D eigenvalue weighted by molar-refractivity contribution is 0.261. The minimum absolute atomic E-state index is 0.340. The fourth-order valence-electron chi connectivity index (χ4n) is 3.42. The van der Waals surface area contributed by atoms with Crippen LogP contribution in [0.15, 0.2) is 54.6 Å². The molecule has 0 radical (unpaired) electrons. The number of nitrogens with zero attached hydrogens (tertiary/aromatic N) is 1. The van der Waals surface area contributed by atoms with Gasteiger partial charge in [-0.15, -0.1) is 0 Å². The van der Waals surface area contributed by atoms with E-state index in [1.54, 1.807) is 0 Å². The second-order valence-corrected chi connectivity index (χ2v) is 5.61. The van der Waals surface area contributed by atoms with Crippen LogP contribution in [0.5, 0.6) is 0 Å². The fraction of sp³-hybridized carbons (Fsp3) is 0.222. The van der Waals surface area contributed by atoms with Gasteiger partial charge in [0.25, 0.3) is 0 Å². The highest BCUT2D eigenvalue weighted by Gasteiger charge is 2.28. The Kier molecular flexibility index (Phi) is 2.64. The van der Waals surface area contributed by atoms with Crippen molar-refractivity contribution in [1.29, 1.82) is 0 Å². The molecule has 2 heterocycles. The summed E-state index contributed by atoms with van der Waals surface area (Å²) in [5.41, 5.74) is 5.48. The predicted octanol–water partition coefficient (Wildman–Crippen LogP) is 3.75. The van der Waals surface area contributed by atoms with Gasteiger partial charge in [0.15, 0.2) is 0 Å². The molecule has 1 unspecified atom stereocenters. The third-order valence-corrected chi connectivity index (χ3v) is 4.39. The molecule has 0 amide bonds. The van der Waals surface area contributed by atoms with Crippen molar-refractivity contribution in [2.75, 3.05) is 13.6 Å². The Morgan fingerprint density at radius 1 is 1.00 bits per heavy atom. The van der Waals surface area contributed by atoms with E-state index in [4.69, 9.17) is 0 Å². The lowest BCUT2D eigenvalue weighted by Gasteiger charge is -2.33. The van der Waals surface area contributed by atoms with E-state index in [-0.39, 0.29) is 0 Å². The van der Waals surface area contributed by atoms with Gasteiger partial charge >= 0.3 is 0 Å². The van der Waals surface area contributed by atoms with E-state index in [0.29, 0.717) is 6.04 Å². The van der Waals surface area contributed by atoms with Crippen LogP contribution in [-0.4, -0.2) is 23.5 Å². The molecule has 4 rings (SSSR count). The lowest BCUT2D eigenvalue weighted by atomic mass is 9.93. The van der Waals surface area contributed by atoms with Crippen molar-refractivity contribution < 1.29 is 0 Å². The molecular formula is C18H18N2. The number of nitrogens with one attached hydrogen (secondary N) is 1. The second-order valence-electron chi connectivity index (χ2n) is 5.61. The number of hydrogen-bond acceptors (Lipinski definition) is 1. The number of H-pyrrole nitrogens is 1. The van der Waals surface area contributed by atoms with Crippen LogP contribution in [0.4, 0.5) is 0 Å². The molecule has 0 fully saturated rings. The summed E-state index contributed by atoms with van der Waals surface area (Å²) in [7, 11) is 2.21. The molecule has 0 bridgehead atoms. The number of aromatic amines is 1. The smallest absolute Gasteiger partial charge is 0.0754 e. The van der Waals surface area contributed by atoms with E-state index in [1.807, 2.05) is 0 Å². The minimum atomic E-state index is 0.340. The van der Waals surface area contributed by atoms with Crippen molar-refractivity contribution >= 4 is 10.9 Å². The van der Waals surface area contributed by atoms with Crippen molar-refractivity contribution in [3.05, 3.63) is 71.4 Å². The first-order chi connectivity index (χ1) is 9.84. The molecule has 0 spiro atoms. The molecule has 2 nitrogen and oxygen atoms in total. The zero-order valence-electron chi connectivity index (χ0n) is 11.6. The molecule has 1 aliphatic rings. The third kappa shape index (κ3) is 1.69. The highest BCUT2D eigenvalue weighted by atomic mass is 15.1. The van der Waals surface area contributed by atoms with Crippen molar-refractivity contribution in [2.45, 2.75) is 12.5 Å². The number of hydrogen-bond donors (Lipinski definition) is 1. The topological polar surface area (TPSA) is 19.0 Å². The quantitative estimate of drug-likeness (QED) is 0.707. The SMILES string of the molecule is CN1CCc2c([nH]c3ccccc23)C1c1ccccc1. The van der Waals surface area contributed by atoms with Crippen LogP contribution in [-0.2, 0) is 6.42 Å². The van der Waals surface area contributed by atoms with Crippen LogP contribution in [0, 0.1) is 0 Å². The van der Waals surface area contributed by atoms with Crippen LogP contribution in [0.3, 0.4) is 0 Å². The average molecular weight is 262 g/mol. The Balaban J connectivity index is 1.94. The zero-order valence-corrected chi connectivity index (χ0v) is 11.6.